The van der Waals surface area contributed by atoms with E-state index >= 15 is 0 Å². The van der Waals surface area contributed by atoms with Gasteiger partial charge >= 0.3 is 0 Å². The molecular formula is C14H19NO2. The van der Waals surface area contributed by atoms with Crippen molar-refractivity contribution in [1.29, 1.82) is 0 Å². The fraction of sp³-hybridized carbons (Fsp3) is 0.429. The van der Waals surface area contributed by atoms with E-state index < -0.39 is 0 Å². The van der Waals surface area contributed by atoms with Gasteiger partial charge < -0.3 is 14.8 Å². The van der Waals surface area contributed by atoms with Crippen LogP contribution in [-0.4, -0.2) is 17.8 Å². The lowest BCUT2D eigenvalue weighted by Crippen LogP contribution is -2.25. The molecular weight excluding hydrogens is 214 g/mol. The van der Waals surface area contributed by atoms with Crippen LogP contribution in [0.1, 0.15) is 24.7 Å². The maximum Gasteiger partial charge on any atom is 0.134 e. The number of aliphatic hydroxyl groups excluding tert-OH is 1. The molecule has 0 aliphatic rings. The second kappa shape index (κ2) is 5.34. The number of benzene rings is 1. The van der Waals surface area contributed by atoms with Gasteiger partial charge in [0.1, 0.15) is 11.3 Å². The average Bonchev–Trinajstić information content (AvgIpc) is 2.66. The molecule has 3 nitrogen and oxygen atoms in total. The summed E-state index contributed by atoms with van der Waals surface area (Å²) in [5.41, 5.74) is 2.11. The highest BCUT2D eigenvalue weighted by atomic mass is 16.3. The van der Waals surface area contributed by atoms with Gasteiger partial charge in [-0.15, -0.1) is 0 Å². The zero-order chi connectivity index (χ0) is 12.3. The van der Waals surface area contributed by atoms with E-state index in [2.05, 4.69) is 11.4 Å². The first kappa shape index (κ1) is 12.1. The van der Waals surface area contributed by atoms with Gasteiger partial charge in [-0.05, 0) is 19.4 Å². The number of para-hydroxylation sites is 1. The molecule has 0 saturated carbocycles. The van der Waals surface area contributed by atoms with Crippen molar-refractivity contribution in [3.63, 3.8) is 0 Å². The van der Waals surface area contributed by atoms with Crippen LogP contribution in [0, 0.1) is 6.92 Å². The lowest BCUT2D eigenvalue weighted by molar-refractivity contribution is 0.167. The molecule has 0 saturated heterocycles. The van der Waals surface area contributed by atoms with E-state index in [0.29, 0.717) is 6.54 Å². The fourth-order valence-electron chi connectivity index (χ4n) is 1.95. The number of fused-ring (bicyclic) bond motifs is 1. The second-order valence-corrected chi connectivity index (χ2v) is 4.33. The van der Waals surface area contributed by atoms with Gasteiger partial charge in [0.15, 0.2) is 0 Å². The molecule has 0 amide bonds. The van der Waals surface area contributed by atoms with Crippen molar-refractivity contribution in [2.75, 3.05) is 6.54 Å². The van der Waals surface area contributed by atoms with Crippen molar-refractivity contribution in [3.8, 4) is 0 Å². The molecule has 92 valence electrons. The Hall–Kier alpha value is -1.32. The first-order chi connectivity index (χ1) is 8.22. The quantitative estimate of drug-likeness (QED) is 0.834. The van der Waals surface area contributed by atoms with Crippen LogP contribution in [0.3, 0.4) is 0 Å². The molecule has 2 rings (SSSR count). The molecule has 0 bridgehead atoms. The molecule has 1 unspecified atom stereocenters. The maximum atomic E-state index is 9.48. The highest BCUT2D eigenvalue weighted by Gasteiger charge is 2.10. The Bertz CT molecular complexity index is 490. The monoisotopic (exact) mass is 233 g/mol. The van der Waals surface area contributed by atoms with Crippen LogP contribution in [0.2, 0.25) is 0 Å². The molecule has 1 atom stereocenters. The SMILES string of the molecule is CCC(O)CNCc1c(C)oc2ccccc12. The molecule has 2 N–H and O–H groups in total. The third kappa shape index (κ3) is 2.68. The van der Waals surface area contributed by atoms with E-state index in [1.54, 1.807) is 0 Å². The van der Waals surface area contributed by atoms with Gasteiger partial charge in [-0.1, -0.05) is 25.1 Å². The molecule has 0 aliphatic heterocycles. The number of furan rings is 1. The van der Waals surface area contributed by atoms with E-state index in [1.807, 2.05) is 32.0 Å². The Morgan fingerprint density at radius 1 is 1.35 bits per heavy atom. The average molecular weight is 233 g/mol. The van der Waals surface area contributed by atoms with Crippen LogP contribution in [0.4, 0.5) is 0 Å². The van der Waals surface area contributed by atoms with Crippen molar-refractivity contribution in [2.24, 2.45) is 0 Å². The van der Waals surface area contributed by atoms with Crippen LogP contribution >= 0.6 is 0 Å². The third-order valence-corrected chi connectivity index (χ3v) is 3.05. The highest BCUT2D eigenvalue weighted by Crippen LogP contribution is 2.24. The van der Waals surface area contributed by atoms with Gasteiger partial charge in [0.2, 0.25) is 0 Å². The van der Waals surface area contributed by atoms with Crippen molar-refractivity contribution in [2.45, 2.75) is 32.9 Å². The predicted molar refractivity (Wildman–Crippen MR) is 69.0 cm³/mol. The molecule has 0 fully saturated rings. The predicted octanol–water partition coefficient (Wildman–Crippen LogP) is 2.60. The first-order valence-electron chi connectivity index (χ1n) is 6.08. The van der Waals surface area contributed by atoms with Gasteiger partial charge in [0.05, 0.1) is 6.10 Å². The topological polar surface area (TPSA) is 45.4 Å². The Kier molecular flexibility index (Phi) is 3.82. The summed E-state index contributed by atoms with van der Waals surface area (Å²) in [5, 5.41) is 13.9. The summed E-state index contributed by atoms with van der Waals surface area (Å²) < 4.78 is 5.68. The van der Waals surface area contributed by atoms with Crippen molar-refractivity contribution in [3.05, 3.63) is 35.6 Å². The lowest BCUT2D eigenvalue weighted by atomic mass is 10.1. The van der Waals surface area contributed by atoms with E-state index in [9.17, 15) is 5.11 Å². The molecule has 17 heavy (non-hydrogen) atoms. The zero-order valence-corrected chi connectivity index (χ0v) is 10.4. The molecule has 2 aromatic rings. The maximum absolute atomic E-state index is 9.48. The van der Waals surface area contributed by atoms with Crippen molar-refractivity contribution < 1.29 is 9.52 Å². The number of aliphatic hydroxyl groups is 1. The summed E-state index contributed by atoms with van der Waals surface area (Å²) >= 11 is 0. The largest absolute Gasteiger partial charge is 0.461 e. The minimum atomic E-state index is -0.270. The summed E-state index contributed by atoms with van der Waals surface area (Å²) in [6.45, 7) is 5.31. The summed E-state index contributed by atoms with van der Waals surface area (Å²) in [6.07, 6.45) is 0.506. The highest BCUT2D eigenvalue weighted by molar-refractivity contribution is 5.82. The van der Waals surface area contributed by atoms with Crippen LogP contribution in [0.15, 0.2) is 28.7 Å². The van der Waals surface area contributed by atoms with Gasteiger partial charge in [-0.25, -0.2) is 0 Å². The molecule has 3 heteroatoms. The molecule has 1 aromatic carbocycles. The van der Waals surface area contributed by atoms with E-state index in [4.69, 9.17) is 4.42 Å². The summed E-state index contributed by atoms with van der Waals surface area (Å²) in [7, 11) is 0. The Balaban J connectivity index is 2.10. The standard InChI is InChI=1S/C14H19NO2/c1-3-11(16)8-15-9-13-10(2)17-14-7-5-4-6-12(13)14/h4-7,11,15-16H,3,8-9H2,1-2H3. The zero-order valence-electron chi connectivity index (χ0n) is 10.4. The number of hydrogen-bond acceptors (Lipinski definition) is 3. The molecule has 0 radical (unpaired) electrons. The second-order valence-electron chi connectivity index (χ2n) is 4.33. The van der Waals surface area contributed by atoms with Gasteiger partial charge in [0, 0.05) is 24.0 Å². The molecule has 0 aliphatic carbocycles. The van der Waals surface area contributed by atoms with Crippen LogP contribution in [0.5, 0.6) is 0 Å². The van der Waals surface area contributed by atoms with Gasteiger partial charge in [-0.2, -0.15) is 0 Å². The normalized spacial score (nSPS) is 13.1. The number of nitrogens with one attached hydrogen (secondary N) is 1. The number of aryl methyl sites for hydroxylation is 1. The lowest BCUT2D eigenvalue weighted by Gasteiger charge is -2.08. The Morgan fingerprint density at radius 3 is 2.88 bits per heavy atom. The fourth-order valence-corrected chi connectivity index (χ4v) is 1.95. The van der Waals surface area contributed by atoms with Crippen LogP contribution in [0.25, 0.3) is 11.0 Å². The minimum absolute atomic E-state index is 0.270. The van der Waals surface area contributed by atoms with Gasteiger partial charge in [-0.3, -0.25) is 0 Å². The smallest absolute Gasteiger partial charge is 0.134 e. The van der Waals surface area contributed by atoms with Crippen LogP contribution < -0.4 is 5.32 Å². The van der Waals surface area contributed by atoms with Crippen molar-refractivity contribution >= 4 is 11.0 Å². The number of hydrogen-bond donors (Lipinski definition) is 2. The minimum Gasteiger partial charge on any atom is -0.461 e. The Labute approximate surface area is 101 Å². The molecule has 1 aromatic heterocycles. The Morgan fingerprint density at radius 2 is 2.12 bits per heavy atom. The van der Waals surface area contributed by atoms with Crippen LogP contribution in [-0.2, 0) is 6.54 Å². The van der Waals surface area contributed by atoms with Crippen molar-refractivity contribution in [1.82, 2.24) is 5.32 Å². The first-order valence-corrected chi connectivity index (χ1v) is 6.08. The van der Waals surface area contributed by atoms with E-state index in [1.165, 1.54) is 5.56 Å². The summed E-state index contributed by atoms with van der Waals surface area (Å²) in [6, 6.07) is 8.04. The van der Waals surface area contributed by atoms with E-state index in [0.717, 1.165) is 29.7 Å². The molecule has 1 heterocycles. The van der Waals surface area contributed by atoms with Gasteiger partial charge in [0.25, 0.3) is 0 Å². The number of rotatable bonds is 5. The summed E-state index contributed by atoms with van der Waals surface area (Å²) in [5.74, 6) is 0.949. The summed E-state index contributed by atoms with van der Waals surface area (Å²) in [4.78, 5) is 0. The third-order valence-electron chi connectivity index (χ3n) is 3.05. The molecule has 0 spiro atoms. The van der Waals surface area contributed by atoms with E-state index in [-0.39, 0.29) is 6.10 Å².